The average molecular weight is 378 g/mol. The zero-order chi connectivity index (χ0) is 20.1. The third-order valence-electron chi connectivity index (χ3n) is 3.87. The lowest BCUT2D eigenvalue weighted by Crippen LogP contribution is -2.59. The lowest BCUT2D eigenvalue weighted by atomic mass is 9.99. The molecule has 1 aliphatic heterocycles. The van der Waals surface area contributed by atoms with Gasteiger partial charge < -0.3 is 35.0 Å². The molecule has 0 amide bonds. The molecule has 0 spiro atoms. The van der Waals surface area contributed by atoms with Crippen molar-refractivity contribution in [3.63, 3.8) is 0 Å². The largest absolute Gasteiger partial charge is 0.396 e. The first kappa shape index (κ1) is 23.2. The topological polar surface area (TPSA) is 120 Å². The maximum absolute atomic E-state index is 10.0. The van der Waals surface area contributed by atoms with E-state index in [4.69, 9.17) is 9.47 Å². The van der Waals surface area contributed by atoms with Crippen LogP contribution in [0.2, 0.25) is 0 Å². The highest BCUT2D eigenvalue weighted by Gasteiger charge is 2.44. The molecule has 0 saturated carbocycles. The maximum Gasteiger partial charge on any atom is 0.186 e. The number of aliphatic hydroxyl groups is 5. The van der Waals surface area contributed by atoms with Crippen LogP contribution in [0.5, 0.6) is 0 Å². The zero-order valence-electron chi connectivity index (χ0n) is 15.2. The van der Waals surface area contributed by atoms with E-state index in [0.717, 1.165) is 0 Å². The SMILES string of the molecule is CC#CC#CC#C/C=C/CC[C@H](CCO)O[C@@H]1O[C@H](CO)[C@@H](O)[C@H](O)[C@H]1O. The summed E-state index contributed by atoms with van der Waals surface area (Å²) in [4.78, 5) is 0. The monoisotopic (exact) mass is 378 g/mol. The molecule has 1 rings (SSSR count). The third-order valence-corrected chi connectivity index (χ3v) is 3.87. The van der Waals surface area contributed by atoms with E-state index in [1.807, 2.05) is 6.08 Å². The van der Waals surface area contributed by atoms with Gasteiger partial charge in [-0.15, -0.1) is 0 Å². The van der Waals surface area contributed by atoms with E-state index >= 15 is 0 Å². The van der Waals surface area contributed by atoms with Crippen LogP contribution >= 0.6 is 0 Å². The Morgan fingerprint density at radius 3 is 2.41 bits per heavy atom. The summed E-state index contributed by atoms with van der Waals surface area (Å²) in [5.41, 5.74) is 0. The zero-order valence-corrected chi connectivity index (χ0v) is 15.2. The van der Waals surface area contributed by atoms with E-state index in [-0.39, 0.29) is 6.61 Å². The molecule has 6 atom stereocenters. The lowest BCUT2D eigenvalue weighted by Gasteiger charge is -2.40. The van der Waals surface area contributed by atoms with E-state index in [9.17, 15) is 25.5 Å². The summed E-state index contributed by atoms with van der Waals surface area (Å²) in [5, 5.41) is 48.0. The van der Waals surface area contributed by atoms with Crippen molar-refractivity contribution < 1.29 is 35.0 Å². The van der Waals surface area contributed by atoms with Crippen LogP contribution in [-0.4, -0.2) is 75.6 Å². The quantitative estimate of drug-likeness (QED) is 0.341. The molecule has 0 unspecified atom stereocenters. The molecule has 5 N–H and O–H groups in total. The second-order valence-electron chi connectivity index (χ2n) is 5.84. The molecule has 0 radical (unpaired) electrons. The van der Waals surface area contributed by atoms with Crippen LogP contribution in [-0.2, 0) is 9.47 Å². The molecule has 27 heavy (non-hydrogen) atoms. The standard InChI is InChI=1S/C20H26O7/c1-2-3-4-5-6-7-8-9-10-11-15(12-13-21)26-20-19(25)18(24)17(23)16(14-22)27-20/h8-9,15-25H,10-14H2,1H3/b9-8+/t15-,16-,17-,18+,19-,20-/m1/s1. The van der Waals surface area contributed by atoms with Gasteiger partial charge in [-0.05, 0) is 55.9 Å². The Labute approximate surface area is 159 Å². The first-order chi connectivity index (χ1) is 13.0. The van der Waals surface area contributed by atoms with E-state index in [1.165, 1.54) is 0 Å². The lowest BCUT2D eigenvalue weighted by molar-refractivity contribution is -0.312. The van der Waals surface area contributed by atoms with Crippen molar-refractivity contribution in [3.05, 3.63) is 12.2 Å². The van der Waals surface area contributed by atoms with Gasteiger partial charge in [0.05, 0.1) is 12.7 Å². The van der Waals surface area contributed by atoms with Gasteiger partial charge in [-0.3, -0.25) is 0 Å². The van der Waals surface area contributed by atoms with Gasteiger partial charge in [0.2, 0.25) is 0 Å². The fraction of sp³-hybridized carbons (Fsp3) is 0.600. The maximum atomic E-state index is 10.0. The molecule has 0 aromatic carbocycles. The molecule has 1 fully saturated rings. The van der Waals surface area contributed by atoms with Crippen molar-refractivity contribution in [2.24, 2.45) is 0 Å². The summed E-state index contributed by atoms with van der Waals surface area (Å²) >= 11 is 0. The number of hydrogen-bond donors (Lipinski definition) is 5. The molecular weight excluding hydrogens is 352 g/mol. The summed E-state index contributed by atoms with van der Waals surface area (Å²) in [6, 6.07) is 0. The molecule has 1 aliphatic rings. The molecule has 148 valence electrons. The number of allylic oxidation sites excluding steroid dienone is 2. The van der Waals surface area contributed by atoms with Crippen molar-refractivity contribution in [2.75, 3.05) is 13.2 Å². The summed E-state index contributed by atoms with van der Waals surface area (Å²) in [7, 11) is 0. The Bertz CT molecular complexity index is 638. The minimum Gasteiger partial charge on any atom is -0.396 e. The first-order valence-electron chi connectivity index (χ1n) is 8.69. The highest BCUT2D eigenvalue weighted by atomic mass is 16.7. The highest BCUT2D eigenvalue weighted by Crippen LogP contribution is 2.24. The Kier molecular flexibility index (Phi) is 11.4. The predicted octanol–water partition coefficient (Wildman–Crippen LogP) is -1.08. The van der Waals surface area contributed by atoms with Crippen LogP contribution in [0.15, 0.2) is 12.2 Å². The third kappa shape index (κ3) is 8.13. The van der Waals surface area contributed by atoms with Crippen molar-refractivity contribution in [3.8, 4) is 35.5 Å². The van der Waals surface area contributed by atoms with Crippen LogP contribution in [0.3, 0.4) is 0 Å². The highest BCUT2D eigenvalue weighted by molar-refractivity contribution is 5.37. The normalized spacial score (nSPS) is 28.3. The summed E-state index contributed by atoms with van der Waals surface area (Å²) < 4.78 is 11.0. The van der Waals surface area contributed by atoms with Gasteiger partial charge in [0.25, 0.3) is 0 Å². The minimum absolute atomic E-state index is 0.125. The summed E-state index contributed by atoms with van der Waals surface area (Å²) in [5.74, 6) is 15.7. The van der Waals surface area contributed by atoms with Crippen molar-refractivity contribution >= 4 is 0 Å². The van der Waals surface area contributed by atoms with Crippen molar-refractivity contribution in [2.45, 2.75) is 63.0 Å². The fourth-order valence-corrected chi connectivity index (χ4v) is 2.42. The second-order valence-corrected chi connectivity index (χ2v) is 5.84. The van der Waals surface area contributed by atoms with E-state index < -0.39 is 43.4 Å². The van der Waals surface area contributed by atoms with Gasteiger partial charge in [-0.25, -0.2) is 0 Å². The Morgan fingerprint density at radius 1 is 1.00 bits per heavy atom. The molecule has 0 bridgehead atoms. The average Bonchev–Trinajstić information content (AvgIpc) is 2.67. The predicted molar refractivity (Wildman–Crippen MR) is 97.7 cm³/mol. The number of hydrogen-bond acceptors (Lipinski definition) is 7. The first-order valence-corrected chi connectivity index (χ1v) is 8.69. The van der Waals surface area contributed by atoms with E-state index in [1.54, 1.807) is 13.0 Å². The van der Waals surface area contributed by atoms with Crippen LogP contribution in [0.1, 0.15) is 26.2 Å². The molecule has 1 saturated heterocycles. The van der Waals surface area contributed by atoms with Crippen LogP contribution in [0.4, 0.5) is 0 Å². The van der Waals surface area contributed by atoms with Gasteiger partial charge in [0.1, 0.15) is 24.4 Å². The van der Waals surface area contributed by atoms with Gasteiger partial charge in [-0.1, -0.05) is 17.9 Å². The number of aliphatic hydroxyl groups excluding tert-OH is 5. The molecule has 0 aromatic rings. The van der Waals surface area contributed by atoms with Gasteiger partial charge >= 0.3 is 0 Å². The molecular formula is C20H26O7. The van der Waals surface area contributed by atoms with Crippen LogP contribution in [0.25, 0.3) is 0 Å². The van der Waals surface area contributed by atoms with Gasteiger partial charge in [-0.2, -0.15) is 0 Å². The Morgan fingerprint density at radius 2 is 1.74 bits per heavy atom. The molecule has 1 heterocycles. The smallest absolute Gasteiger partial charge is 0.186 e. The van der Waals surface area contributed by atoms with Crippen LogP contribution < -0.4 is 0 Å². The van der Waals surface area contributed by atoms with E-state index in [0.29, 0.717) is 19.3 Å². The van der Waals surface area contributed by atoms with Crippen molar-refractivity contribution in [1.29, 1.82) is 0 Å². The van der Waals surface area contributed by atoms with Gasteiger partial charge in [0, 0.05) is 6.61 Å². The van der Waals surface area contributed by atoms with Crippen LogP contribution in [0, 0.1) is 35.5 Å². The van der Waals surface area contributed by atoms with Gasteiger partial charge in [0.15, 0.2) is 6.29 Å². The summed E-state index contributed by atoms with van der Waals surface area (Å²) in [6.45, 7) is 1.04. The number of ether oxygens (including phenoxy) is 2. The number of rotatable bonds is 8. The van der Waals surface area contributed by atoms with E-state index in [2.05, 4.69) is 35.5 Å². The minimum atomic E-state index is -1.50. The van der Waals surface area contributed by atoms with Crippen molar-refractivity contribution in [1.82, 2.24) is 0 Å². The Balaban J connectivity index is 2.55. The fourth-order valence-electron chi connectivity index (χ4n) is 2.42. The summed E-state index contributed by atoms with van der Waals surface area (Å²) in [6.07, 6.45) is -2.20. The molecule has 0 aromatic heterocycles. The second kappa shape index (κ2) is 13.3. The Hall–Kier alpha value is -1.86. The molecule has 7 heteroatoms. The molecule has 0 aliphatic carbocycles. The molecule has 7 nitrogen and oxygen atoms in total.